The normalized spacial score (nSPS) is 15.5. The molecule has 4 rings (SSSR count). The highest BCUT2D eigenvalue weighted by molar-refractivity contribution is 6.29. The van der Waals surface area contributed by atoms with Crippen molar-refractivity contribution in [2.45, 2.75) is 19.1 Å². The minimum absolute atomic E-state index is 0.166. The molecule has 0 bridgehead atoms. The van der Waals surface area contributed by atoms with E-state index in [0.29, 0.717) is 17.3 Å². The second-order valence-corrected chi connectivity index (χ2v) is 7.09. The van der Waals surface area contributed by atoms with Gasteiger partial charge in [0.15, 0.2) is 5.65 Å². The molecule has 1 aromatic carbocycles. The summed E-state index contributed by atoms with van der Waals surface area (Å²) < 4.78 is 1.46. The van der Waals surface area contributed by atoms with Gasteiger partial charge in [-0.05, 0) is 29.7 Å². The maximum Gasteiger partial charge on any atom is 0.271 e. The molecule has 0 aliphatic carbocycles. The molecule has 0 spiro atoms. The Balaban J connectivity index is 1.31. The molecule has 1 atom stereocenters. The lowest BCUT2D eigenvalue weighted by Gasteiger charge is -2.30. The maximum absolute atomic E-state index is 12.3. The minimum atomic E-state index is -0.649. The molecule has 0 saturated heterocycles. The largest absolute Gasteiger partial charge is 0.390 e. The summed E-state index contributed by atoms with van der Waals surface area (Å²) >= 11 is 5.84. The summed E-state index contributed by atoms with van der Waals surface area (Å²) in [6.07, 6.45) is 1.85. The summed E-state index contributed by atoms with van der Waals surface area (Å²) in [5.74, 6) is -0.348. The lowest BCUT2D eigenvalue weighted by atomic mass is 10.00. The van der Waals surface area contributed by atoms with E-state index in [1.165, 1.54) is 21.8 Å². The van der Waals surface area contributed by atoms with Crippen LogP contribution in [0.5, 0.6) is 0 Å². The number of hydrogen-bond donors (Lipinski definition) is 2. The van der Waals surface area contributed by atoms with E-state index in [1.807, 2.05) is 6.07 Å². The van der Waals surface area contributed by atoms with Gasteiger partial charge in [0.05, 0.1) is 12.3 Å². The van der Waals surface area contributed by atoms with Crippen molar-refractivity contribution in [3.05, 3.63) is 64.6 Å². The fourth-order valence-electron chi connectivity index (χ4n) is 3.34. The summed E-state index contributed by atoms with van der Waals surface area (Å²) in [6, 6.07) is 11.7. The van der Waals surface area contributed by atoms with Gasteiger partial charge in [0.25, 0.3) is 5.91 Å². The third-order valence-electron chi connectivity index (χ3n) is 4.70. The number of nitrogens with zero attached hydrogens (tertiary/aromatic N) is 4. The molecule has 7 nitrogen and oxygen atoms in total. The molecule has 2 aromatic heterocycles. The Hall–Kier alpha value is -2.48. The minimum Gasteiger partial charge on any atom is -0.390 e. The highest BCUT2D eigenvalue weighted by atomic mass is 35.5. The molecule has 140 valence electrons. The highest BCUT2D eigenvalue weighted by Gasteiger charge is 2.19. The Morgan fingerprint density at radius 1 is 1.26 bits per heavy atom. The second kappa shape index (κ2) is 7.64. The van der Waals surface area contributed by atoms with Crippen LogP contribution in [0.1, 0.15) is 21.6 Å². The number of carbonyl (C=O) groups excluding carboxylic acids is 1. The van der Waals surface area contributed by atoms with Crippen molar-refractivity contribution in [3.8, 4) is 0 Å². The zero-order chi connectivity index (χ0) is 18.8. The predicted octanol–water partition coefficient (Wildman–Crippen LogP) is 1.53. The van der Waals surface area contributed by atoms with Crippen LogP contribution in [0.4, 0.5) is 0 Å². The number of rotatable bonds is 5. The molecule has 3 aromatic rings. The first kappa shape index (κ1) is 17.9. The van der Waals surface area contributed by atoms with Crippen LogP contribution in [-0.2, 0) is 13.0 Å². The number of aromatic nitrogens is 3. The Morgan fingerprint density at radius 3 is 2.93 bits per heavy atom. The first-order valence-electron chi connectivity index (χ1n) is 8.86. The van der Waals surface area contributed by atoms with Gasteiger partial charge in [-0.2, -0.15) is 5.10 Å². The van der Waals surface area contributed by atoms with Crippen molar-refractivity contribution >= 4 is 23.2 Å². The Bertz CT molecular complexity index is 974. The number of halogens is 1. The molecule has 3 heterocycles. The molecule has 1 aliphatic rings. The Kier molecular flexibility index (Phi) is 5.07. The standard InChI is InChI=1S/C19H20ClN5O2/c20-17-5-6-18-22-16(12-25(18)23-17)19(27)21-9-15(26)11-24-8-7-13-3-1-2-4-14(13)10-24/h1-6,12,15,26H,7-11H2,(H,21,27)/t15-/m0/s1. The van der Waals surface area contributed by atoms with Crippen molar-refractivity contribution < 1.29 is 9.90 Å². The topological polar surface area (TPSA) is 82.8 Å². The summed E-state index contributed by atoms with van der Waals surface area (Å²) in [5.41, 5.74) is 3.45. The lowest BCUT2D eigenvalue weighted by molar-refractivity contribution is 0.0838. The lowest BCUT2D eigenvalue weighted by Crippen LogP contribution is -2.42. The third-order valence-corrected chi connectivity index (χ3v) is 4.90. The van der Waals surface area contributed by atoms with Crippen LogP contribution >= 0.6 is 11.6 Å². The second-order valence-electron chi connectivity index (χ2n) is 6.70. The van der Waals surface area contributed by atoms with E-state index in [2.05, 4.69) is 38.5 Å². The third kappa shape index (κ3) is 4.10. The van der Waals surface area contributed by atoms with Crippen molar-refractivity contribution in [3.63, 3.8) is 0 Å². The zero-order valence-electron chi connectivity index (χ0n) is 14.7. The van der Waals surface area contributed by atoms with Gasteiger partial charge in [-0.3, -0.25) is 9.69 Å². The SMILES string of the molecule is O=C(NC[C@H](O)CN1CCc2ccccc2C1)c1cn2nc(Cl)ccc2n1. The fraction of sp³-hybridized carbons (Fsp3) is 0.316. The van der Waals surface area contributed by atoms with E-state index in [0.717, 1.165) is 19.5 Å². The van der Waals surface area contributed by atoms with E-state index in [4.69, 9.17) is 11.6 Å². The summed E-state index contributed by atoms with van der Waals surface area (Å²) in [5, 5.41) is 17.4. The smallest absolute Gasteiger partial charge is 0.271 e. The van der Waals surface area contributed by atoms with Gasteiger partial charge in [0.2, 0.25) is 0 Å². The number of hydrogen-bond acceptors (Lipinski definition) is 5. The van der Waals surface area contributed by atoms with Gasteiger partial charge >= 0.3 is 0 Å². The maximum atomic E-state index is 12.3. The monoisotopic (exact) mass is 385 g/mol. The van der Waals surface area contributed by atoms with Crippen molar-refractivity contribution in [2.75, 3.05) is 19.6 Å². The number of aliphatic hydroxyl groups is 1. The van der Waals surface area contributed by atoms with Gasteiger partial charge < -0.3 is 10.4 Å². The van der Waals surface area contributed by atoms with Gasteiger partial charge in [0, 0.05) is 26.2 Å². The average molecular weight is 386 g/mol. The molecule has 0 radical (unpaired) electrons. The Morgan fingerprint density at radius 2 is 2.07 bits per heavy atom. The number of carbonyl (C=O) groups is 1. The van der Waals surface area contributed by atoms with Crippen molar-refractivity contribution in [2.24, 2.45) is 0 Å². The van der Waals surface area contributed by atoms with E-state index in [-0.39, 0.29) is 18.1 Å². The molecule has 0 saturated carbocycles. The molecule has 1 amide bonds. The molecule has 1 aliphatic heterocycles. The van der Waals surface area contributed by atoms with E-state index >= 15 is 0 Å². The predicted molar refractivity (Wildman–Crippen MR) is 102 cm³/mol. The number of fused-ring (bicyclic) bond motifs is 2. The van der Waals surface area contributed by atoms with Gasteiger partial charge in [-0.25, -0.2) is 9.50 Å². The molecular weight excluding hydrogens is 366 g/mol. The van der Waals surface area contributed by atoms with Gasteiger partial charge in [0.1, 0.15) is 10.8 Å². The molecule has 8 heteroatoms. The van der Waals surface area contributed by atoms with Gasteiger partial charge in [-0.1, -0.05) is 35.9 Å². The number of aliphatic hydroxyl groups excluding tert-OH is 1. The number of nitrogens with one attached hydrogen (secondary N) is 1. The summed E-state index contributed by atoms with van der Waals surface area (Å²) in [6.45, 7) is 2.40. The van der Waals surface area contributed by atoms with Crippen molar-refractivity contribution in [1.29, 1.82) is 0 Å². The first-order valence-corrected chi connectivity index (χ1v) is 9.23. The number of amides is 1. The molecule has 2 N–H and O–H groups in total. The Labute approximate surface area is 161 Å². The average Bonchev–Trinajstić information content (AvgIpc) is 3.09. The van der Waals surface area contributed by atoms with Crippen LogP contribution in [0.25, 0.3) is 5.65 Å². The molecule has 0 unspecified atom stereocenters. The van der Waals surface area contributed by atoms with Crippen LogP contribution in [0, 0.1) is 0 Å². The quantitative estimate of drug-likeness (QED) is 0.696. The molecular formula is C19H20ClN5O2. The highest BCUT2D eigenvalue weighted by Crippen LogP contribution is 2.18. The summed E-state index contributed by atoms with van der Waals surface area (Å²) in [4.78, 5) is 18.7. The van der Waals surface area contributed by atoms with Crippen molar-refractivity contribution in [1.82, 2.24) is 24.8 Å². The number of imidazole rings is 1. The number of β-amino-alcohol motifs (C(OH)–C–C–N with tert-alkyl or cyclic N) is 1. The van der Waals surface area contributed by atoms with Gasteiger partial charge in [-0.15, -0.1) is 0 Å². The fourth-order valence-corrected chi connectivity index (χ4v) is 3.49. The first-order chi connectivity index (χ1) is 13.1. The summed E-state index contributed by atoms with van der Waals surface area (Å²) in [7, 11) is 0. The molecule has 27 heavy (non-hydrogen) atoms. The number of benzene rings is 1. The molecule has 0 fully saturated rings. The zero-order valence-corrected chi connectivity index (χ0v) is 15.4. The van der Waals surface area contributed by atoms with Crippen LogP contribution in [0.15, 0.2) is 42.6 Å². The van der Waals surface area contributed by atoms with Crippen LogP contribution in [0.3, 0.4) is 0 Å². The van der Waals surface area contributed by atoms with Crippen LogP contribution < -0.4 is 5.32 Å². The van der Waals surface area contributed by atoms with Crippen LogP contribution in [0.2, 0.25) is 5.15 Å². The van der Waals surface area contributed by atoms with E-state index < -0.39 is 6.10 Å². The van der Waals surface area contributed by atoms with E-state index in [1.54, 1.807) is 12.1 Å². The van der Waals surface area contributed by atoms with E-state index in [9.17, 15) is 9.90 Å². The van der Waals surface area contributed by atoms with Crippen LogP contribution in [-0.4, -0.2) is 56.2 Å².